The number of hydrogen-bond donors (Lipinski definition) is 2. The number of carboxylic acids is 1. The lowest BCUT2D eigenvalue weighted by Gasteiger charge is -2.23. The van der Waals surface area contributed by atoms with Crippen LogP contribution < -0.4 is 4.90 Å². The number of halogens is 1. The van der Waals surface area contributed by atoms with Crippen molar-refractivity contribution >= 4 is 34.4 Å². The molecule has 1 fully saturated rings. The lowest BCUT2D eigenvalue weighted by molar-refractivity contribution is -0.144. The van der Waals surface area contributed by atoms with E-state index in [1.807, 2.05) is 24.4 Å². The molecule has 2 aromatic heterocycles. The van der Waals surface area contributed by atoms with Gasteiger partial charge in [0.25, 0.3) is 0 Å². The standard InChI is InChI=1S/C24H29ClN4O3/c25-19-7-8-20-21(14-19)28-22(27-20)9-5-17-6-10-23(26-15-17)29-11-2-1-4-18(24(30)31)16-32-13-3-12-29/h6-8,10,14-15,18H,1-5,9,11-13,16H2,(H,27,28)(H,30,31). The number of carbonyl (C=O) groups is 1. The second-order valence-corrected chi connectivity index (χ2v) is 8.75. The van der Waals surface area contributed by atoms with Gasteiger partial charge < -0.3 is 19.7 Å². The summed E-state index contributed by atoms with van der Waals surface area (Å²) in [7, 11) is 0. The van der Waals surface area contributed by atoms with Crippen molar-refractivity contribution in [3.05, 3.63) is 52.9 Å². The van der Waals surface area contributed by atoms with Crippen molar-refractivity contribution in [1.29, 1.82) is 0 Å². The molecule has 1 saturated heterocycles. The second kappa shape index (κ2) is 10.8. The van der Waals surface area contributed by atoms with Gasteiger partial charge in [-0.1, -0.05) is 24.1 Å². The van der Waals surface area contributed by atoms with Gasteiger partial charge in [0.1, 0.15) is 11.6 Å². The summed E-state index contributed by atoms with van der Waals surface area (Å²) in [6.45, 7) is 2.60. The first-order valence-corrected chi connectivity index (χ1v) is 11.6. The molecule has 170 valence electrons. The van der Waals surface area contributed by atoms with Crippen LogP contribution in [0.3, 0.4) is 0 Å². The summed E-state index contributed by atoms with van der Waals surface area (Å²) in [5, 5.41) is 10.00. The number of carboxylic acid groups (broad SMARTS) is 1. The van der Waals surface area contributed by atoms with Crippen LogP contribution in [-0.2, 0) is 22.4 Å². The molecule has 0 bridgehead atoms. The van der Waals surface area contributed by atoms with E-state index in [0.29, 0.717) is 24.7 Å². The summed E-state index contributed by atoms with van der Waals surface area (Å²) in [6, 6.07) is 9.88. The number of aromatic nitrogens is 3. The number of benzene rings is 1. The number of aryl methyl sites for hydroxylation is 2. The van der Waals surface area contributed by atoms with Crippen LogP contribution in [0.4, 0.5) is 5.82 Å². The van der Waals surface area contributed by atoms with Gasteiger partial charge in [-0.3, -0.25) is 4.79 Å². The van der Waals surface area contributed by atoms with Crippen LogP contribution >= 0.6 is 11.6 Å². The monoisotopic (exact) mass is 456 g/mol. The fraction of sp³-hybridized carbons (Fsp3) is 0.458. The highest BCUT2D eigenvalue weighted by Crippen LogP contribution is 2.19. The summed E-state index contributed by atoms with van der Waals surface area (Å²) >= 11 is 6.05. The van der Waals surface area contributed by atoms with Crippen LogP contribution in [0.2, 0.25) is 5.02 Å². The summed E-state index contributed by atoms with van der Waals surface area (Å²) < 4.78 is 5.60. The van der Waals surface area contributed by atoms with Crippen LogP contribution in [-0.4, -0.2) is 52.3 Å². The molecular formula is C24H29ClN4O3. The van der Waals surface area contributed by atoms with E-state index in [0.717, 1.165) is 73.4 Å². The average Bonchev–Trinajstić information content (AvgIpc) is 3.16. The molecule has 0 aliphatic carbocycles. The van der Waals surface area contributed by atoms with Gasteiger partial charge in [0, 0.05) is 37.3 Å². The molecule has 8 heteroatoms. The summed E-state index contributed by atoms with van der Waals surface area (Å²) in [6.07, 6.45) is 6.93. The highest BCUT2D eigenvalue weighted by Gasteiger charge is 2.18. The molecule has 2 N–H and O–H groups in total. The Morgan fingerprint density at radius 2 is 2.06 bits per heavy atom. The number of pyridine rings is 1. The van der Waals surface area contributed by atoms with Crippen molar-refractivity contribution in [3.63, 3.8) is 0 Å². The third kappa shape index (κ3) is 5.99. The summed E-state index contributed by atoms with van der Waals surface area (Å²) in [5.74, 6) is 0.742. The van der Waals surface area contributed by atoms with Gasteiger partial charge in [0.15, 0.2) is 0 Å². The van der Waals surface area contributed by atoms with Crippen LogP contribution in [0.25, 0.3) is 11.0 Å². The first kappa shape index (κ1) is 22.6. The van der Waals surface area contributed by atoms with Crippen LogP contribution in [0.5, 0.6) is 0 Å². The molecule has 0 radical (unpaired) electrons. The number of anilines is 1. The highest BCUT2D eigenvalue weighted by molar-refractivity contribution is 6.31. The summed E-state index contributed by atoms with van der Waals surface area (Å²) in [5.41, 5.74) is 3.05. The minimum absolute atomic E-state index is 0.306. The molecule has 0 amide bonds. The van der Waals surface area contributed by atoms with E-state index in [-0.39, 0.29) is 0 Å². The van der Waals surface area contributed by atoms with Crippen molar-refractivity contribution in [2.45, 2.75) is 38.5 Å². The predicted octanol–water partition coefficient (Wildman–Crippen LogP) is 4.49. The number of nitrogens with one attached hydrogen (secondary N) is 1. The maximum atomic E-state index is 11.3. The van der Waals surface area contributed by atoms with Crippen LogP contribution in [0.15, 0.2) is 36.5 Å². The van der Waals surface area contributed by atoms with E-state index in [1.54, 1.807) is 0 Å². The maximum absolute atomic E-state index is 11.3. The van der Waals surface area contributed by atoms with E-state index in [4.69, 9.17) is 21.3 Å². The van der Waals surface area contributed by atoms with Crippen molar-refractivity contribution in [2.24, 2.45) is 5.92 Å². The molecule has 4 rings (SSSR count). The maximum Gasteiger partial charge on any atom is 0.308 e. The lowest BCUT2D eigenvalue weighted by atomic mass is 10.0. The Labute approximate surface area is 192 Å². The molecule has 3 heterocycles. The van der Waals surface area contributed by atoms with E-state index < -0.39 is 11.9 Å². The highest BCUT2D eigenvalue weighted by atomic mass is 35.5. The van der Waals surface area contributed by atoms with Gasteiger partial charge in [-0.2, -0.15) is 0 Å². The van der Waals surface area contributed by atoms with Crippen LogP contribution in [0, 0.1) is 5.92 Å². The number of hydrogen-bond acceptors (Lipinski definition) is 5. The number of nitrogens with zero attached hydrogens (tertiary/aromatic N) is 3. The molecule has 7 nitrogen and oxygen atoms in total. The van der Waals surface area contributed by atoms with Gasteiger partial charge in [0.2, 0.25) is 0 Å². The van der Waals surface area contributed by atoms with E-state index in [9.17, 15) is 9.90 Å². The first-order valence-electron chi connectivity index (χ1n) is 11.2. The zero-order chi connectivity index (χ0) is 22.3. The number of H-pyrrole nitrogens is 1. The van der Waals surface area contributed by atoms with Gasteiger partial charge in [0.05, 0.1) is 23.6 Å². The fourth-order valence-electron chi connectivity index (χ4n) is 4.06. The Kier molecular flexibility index (Phi) is 7.60. The molecule has 1 aliphatic heterocycles. The van der Waals surface area contributed by atoms with Gasteiger partial charge in [-0.15, -0.1) is 0 Å². The van der Waals surface area contributed by atoms with E-state index >= 15 is 0 Å². The van der Waals surface area contributed by atoms with Crippen molar-refractivity contribution in [2.75, 3.05) is 31.2 Å². The lowest BCUT2D eigenvalue weighted by Crippen LogP contribution is -2.27. The Morgan fingerprint density at radius 3 is 2.88 bits per heavy atom. The number of rotatable bonds is 5. The quantitative estimate of drug-likeness (QED) is 0.587. The largest absolute Gasteiger partial charge is 0.481 e. The second-order valence-electron chi connectivity index (χ2n) is 8.32. The molecule has 1 atom stereocenters. The molecule has 32 heavy (non-hydrogen) atoms. The molecule has 0 saturated carbocycles. The van der Waals surface area contributed by atoms with Gasteiger partial charge in [-0.25, -0.2) is 9.97 Å². The van der Waals surface area contributed by atoms with Crippen molar-refractivity contribution < 1.29 is 14.6 Å². The average molecular weight is 457 g/mol. The zero-order valence-corrected chi connectivity index (χ0v) is 18.9. The zero-order valence-electron chi connectivity index (χ0n) is 18.1. The van der Waals surface area contributed by atoms with E-state index in [1.165, 1.54) is 0 Å². The molecule has 1 aliphatic rings. The normalized spacial score (nSPS) is 18.4. The third-order valence-electron chi connectivity index (χ3n) is 5.89. The Morgan fingerprint density at radius 1 is 1.19 bits per heavy atom. The Balaban J connectivity index is 1.33. The number of aliphatic carboxylic acids is 1. The topological polar surface area (TPSA) is 91.3 Å². The number of imidazole rings is 1. The number of aromatic amines is 1. The smallest absolute Gasteiger partial charge is 0.308 e. The number of ether oxygens (including phenoxy) is 1. The molecule has 1 aromatic carbocycles. The number of fused-ring (bicyclic) bond motifs is 1. The SMILES string of the molecule is O=C(O)C1CCCCN(c2ccc(CCc3nc4ccc(Cl)cc4[nH]3)cn2)CCCOC1. The van der Waals surface area contributed by atoms with Gasteiger partial charge >= 0.3 is 5.97 Å². The van der Waals surface area contributed by atoms with Crippen molar-refractivity contribution in [3.8, 4) is 0 Å². The minimum Gasteiger partial charge on any atom is -0.481 e. The molecule has 0 spiro atoms. The third-order valence-corrected chi connectivity index (χ3v) is 6.13. The molecular weight excluding hydrogens is 428 g/mol. The summed E-state index contributed by atoms with van der Waals surface area (Å²) in [4.78, 5) is 26.3. The van der Waals surface area contributed by atoms with Crippen LogP contribution in [0.1, 0.15) is 37.1 Å². The Hall–Kier alpha value is -2.64. The Bertz CT molecular complexity index is 1040. The first-order chi connectivity index (χ1) is 15.6. The molecule has 3 aromatic rings. The van der Waals surface area contributed by atoms with E-state index in [2.05, 4.69) is 27.0 Å². The fourth-order valence-corrected chi connectivity index (χ4v) is 4.24. The molecule has 1 unspecified atom stereocenters. The van der Waals surface area contributed by atoms with Crippen molar-refractivity contribution in [1.82, 2.24) is 15.0 Å². The minimum atomic E-state index is -0.759. The van der Waals surface area contributed by atoms with Gasteiger partial charge in [-0.05, 0) is 55.5 Å². The predicted molar refractivity (Wildman–Crippen MR) is 125 cm³/mol.